The molecule has 1 aromatic heterocycles. The van der Waals surface area contributed by atoms with Crippen LogP contribution in [0.25, 0.3) is 10.8 Å². The molecule has 1 heterocycles. The highest BCUT2D eigenvalue weighted by Crippen LogP contribution is 2.37. The molecule has 0 bridgehead atoms. The Labute approximate surface area is 196 Å². The fourth-order valence-electron chi connectivity index (χ4n) is 3.91. The number of aryl methyl sites for hydroxylation is 2. The molecule has 0 saturated carbocycles. The van der Waals surface area contributed by atoms with Crippen molar-refractivity contribution in [3.05, 3.63) is 98.3 Å². The van der Waals surface area contributed by atoms with Gasteiger partial charge in [0.1, 0.15) is 12.4 Å². The molecule has 0 atom stereocenters. The second kappa shape index (κ2) is 10.1. The molecule has 0 aliphatic heterocycles. The van der Waals surface area contributed by atoms with E-state index < -0.39 is 11.2 Å². The summed E-state index contributed by atoms with van der Waals surface area (Å²) in [5, 5.41) is 11.5. The quantitative estimate of drug-likeness (QED) is 0.416. The third-order valence-electron chi connectivity index (χ3n) is 5.65. The van der Waals surface area contributed by atoms with E-state index in [-0.39, 0.29) is 13.2 Å². The molecular formula is C27H25N3O4. The molecule has 0 aliphatic carbocycles. The molecule has 0 amide bonds. The van der Waals surface area contributed by atoms with Crippen LogP contribution in [-0.2, 0) is 13.0 Å². The van der Waals surface area contributed by atoms with Crippen molar-refractivity contribution in [1.29, 1.82) is 5.26 Å². The first-order valence-corrected chi connectivity index (χ1v) is 11.2. The normalized spacial score (nSPS) is 10.7. The average molecular weight is 456 g/mol. The first-order chi connectivity index (χ1) is 16.5. The van der Waals surface area contributed by atoms with E-state index >= 15 is 0 Å². The Morgan fingerprint density at radius 1 is 1.00 bits per heavy atom. The van der Waals surface area contributed by atoms with Gasteiger partial charge in [0, 0.05) is 12.3 Å². The van der Waals surface area contributed by atoms with Crippen molar-refractivity contribution in [1.82, 2.24) is 9.55 Å². The van der Waals surface area contributed by atoms with E-state index in [4.69, 9.17) is 9.47 Å². The molecule has 1 N–H and O–H groups in total. The number of para-hydroxylation sites is 2. The van der Waals surface area contributed by atoms with E-state index in [0.717, 1.165) is 29.2 Å². The highest BCUT2D eigenvalue weighted by Gasteiger charge is 2.14. The summed E-state index contributed by atoms with van der Waals surface area (Å²) in [5.41, 5.74) is 1.81. The van der Waals surface area contributed by atoms with E-state index in [0.29, 0.717) is 22.8 Å². The molecule has 4 rings (SSSR count). The minimum atomic E-state index is -0.479. The van der Waals surface area contributed by atoms with Gasteiger partial charge in [-0.2, -0.15) is 5.26 Å². The third kappa shape index (κ3) is 4.86. The monoisotopic (exact) mass is 455 g/mol. The van der Waals surface area contributed by atoms with Crippen molar-refractivity contribution >= 4 is 10.8 Å². The van der Waals surface area contributed by atoms with Crippen LogP contribution in [0.4, 0.5) is 0 Å². The lowest BCUT2D eigenvalue weighted by molar-refractivity contribution is 0.283. The van der Waals surface area contributed by atoms with Crippen LogP contribution in [0.5, 0.6) is 17.2 Å². The molecule has 0 saturated heterocycles. The van der Waals surface area contributed by atoms with Crippen molar-refractivity contribution in [3.63, 3.8) is 0 Å². The Morgan fingerprint density at radius 2 is 1.79 bits per heavy atom. The summed E-state index contributed by atoms with van der Waals surface area (Å²) in [6.07, 6.45) is 3.32. The summed E-state index contributed by atoms with van der Waals surface area (Å²) < 4.78 is 13.6. The van der Waals surface area contributed by atoms with Crippen LogP contribution in [-0.4, -0.2) is 16.2 Å². The second-order valence-electron chi connectivity index (χ2n) is 7.98. The number of ether oxygens (including phenoxy) is 2. The zero-order chi connectivity index (χ0) is 24.1. The third-order valence-corrected chi connectivity index (χ3v) is 5.65. The van der Waals surface area contributed by atoms with Gasteiger partial charge in [-0.15, -0.1) is 0 Å². The first kappa shape index (κ1) is 22.9. The Bertz CT molecular complexity index is 1490. The van der Waals surface area contributed by atoms with Gasteiger partial charge >= 0.3 is 5.69 Å². The number of nitrogens with one attached hydrogen (secondary N) is 1. The van der Waals surface area contributed by atoms with Gasteiger partial charge in [0.05, 0.1) is 18.2 Å². The largest absolute Gasteiger partial charge is 0.488 e. The smallest absolute Gasteiger partial charge is 0.328 e. The van der Waals surface area contributed by atoms with Crippen LogP contribution in [0.15, 0.2) is 70.4 Å². The van der Waals surface area contributed by atoms with Crippen molar-refractivity contribution in [2.45, 2.75) is 33.2 Å². The Balaban J connectivity index is 1.62. The van der Waals surface area contributed by atoms with Gasteiger partial charge in [0.2, 0.25) is 0 Å². The molecule has 0 aliphatic rings. The molecule has 34 heavy (non-hydrogen) atoms. The zero-order valence-electron chi connectivity index (χ0n) is 19.1. The fraction of sp³-hybridized carbons (Fsp3) is 0.222. The molecule has 4 aromatic rings. The molecule has 3 aromatic carbocycles. The predicted molar refractivity (Wildman–Crippen MR) is 131 cm³/mol. The lowest BCUT2D eigenvalue weighted by Crippen LogP contribution is -2.30. The maximum atomic E-state index is 11.9. The van der Waals surface area contributed by atoms with Crippen LogP contribution in [0, 0.1) is 18.3 Å². The Kier molecular flexibility index (Phi) is 6.79. The number of aromatic nitrogens is 2. The van der Waals surface area contributed by atoms with E-state index in [2.05, 4.69) is 24.0 Å². The van der Waals surface area contributed by atoms with Gasteiger partial charge in [0.25, 0.3) is 5.56 Å². The standard InChI is InChI=1S/C27H25N3O4/c1-3-6-20-16-25(18(2)22-15-19(17-28)9-10-21(20)22)34-24-8-5-4-7-23(24)33-14-13-30-12-11-26(31)29-27(30)32/h4-5,7-12,15-16H,3,6,13-14H2,1-2H3,(H,29,31,32). The number of H-pyrrole nitrogens is 1. The summed E-state index contributed by atoms with van der Waals surface area (Å²) in [6, 6.07) is 18.7. The summed E-state index contributed by atoms with van der Waals surface area (Å²) in [4.78, 5) is 25.3. The highest BCUT2D eigenvalue weighted by molar-refractivity contribution is 5.91. The van der Waals surface area contributed by atoms with Crippen molar-refractivity contribution in [2.24, 2.45) is 0 Å². The van der Waals surface area contributed by atoms with Crippen molar-refractivity contribution in [3.8, 4) is 23.3 Å². The van der Waals surface area contributed by atoms with E-state index in [9.17, 15) is 14.9 Å². The summed E-state index contributed by atoms with van der Waals surface area (Å²) >= 11 is 0. The molecule has 0 spiro atoms. The topological polar surface area (TPSA) is 97.1 Å². The van der Waals surface area contributed by atoms with Gasteiger partial charge in [0.15, 0.2) is 11.5 Å². The molecule has 0 unspecified atom stereocenters. The number of hydrogen-bond donors (Lipinski definition) is 1. The molecule has 172 valence electrons. The summed E-state index contributed by atoms with van der Waals surface area (Å²) in [5.74, 6) is 1.80. The molecule has 0 fully saturated rings. The van der Waals surface area contributed by atoms with Crippen molar-refractivity contribution in [2.75, 3.05) is 6.61 Å². The first-order valence-electron chi connectivity index (χ1n) is 11.2. The van der Waals surface area contributed by atoms with Crippen LogP contribution in [0.3, 0.4) is 0 Å². The van der Waals surface area contributed by atoms with Gasteiger partial charge in [-0.3, -0.25) is 14.3 Å². The number of fused-ring (bicyclic) bond motifs is 1. The lowest BCUT2D eigenvalue weighted by atomic mass is 9.95. The van der Waals surface area contributed by atoms with E-state index in [1.165, 1.54) is 22.4 Å². The van der Waals surface area contributed by atoms with E-state index in [1.54, 1.807) is 0 Å². The minimum absolute atomic E-state index is 0.218. The van der Waals surface area contributed by atoms with Crippen LogP contribution >= 0.6 is 0 Å². The number of nitrogens with zero attached hydrogens (tertiary/aromatic N) is 2. The number of hydrogen-bond acceptors (Lipinski definition) is 5. The lowest BCUT2D eigenvalue weighted by Gasteiger charge is -2.17. The van der Waals surface area contributed by atoms with Gasteiger partial charge < -0.3 is 9.47 Å². The molecule has 7 heteroatoms. The number of rotatable bonds is 8. The highest BCUT2D eigenvalue weighted by atomic mass is 16.5. The SMILES string of the molecule is CCCc1cc(Oc2ccccc2OCCn2ccc(=O)[nH]c2=O)c(C)c2cc(C#N)ccc12. The maximum absolute atomic E-state index is 11.9. The van der Waals surface area contributed by atoms with E-state index in [1.807, 2.05) is 49.4 Å². The van der Waals surface area contributed by atoms with Crippen LogP contribution in [0.2, 0.25) is 0 Å². The Morgan fingerprint density at radius 3 is 2.53 bits per heavy atom. The zero-order valence-corrected chi connectivity index (χ0v) is 19.1. The van der Waals surface area contributed by atoms with Crippen LogP contribution in [0.1, 0.15) is 30.0 Å². The molecular weight excluding hydrogens is 430 g/mol. The number of benzene rings is 3. The summed E-state index contributed by atoms with van der Waals surface area (Å²) in [6.45, 7) is 4.61. The molecule has 7 nitrogen and oxygen atoms in total. The predicted octanol–water partition coefficient (Wildman–Crippen LogP) is 4.69. The fourth-order valence-corrected chi connectivity index (χ4v) is 3.91. The van der Waals surface area contributed by atoms with Gasteiger partial charge in [-0.25, -0.2) is 4.79 Å². The van der Waals surface area contributed by atoms with Gasteiger partial charge in [-0.1, -0.05) is 31.5 Å². The second-order valence-corrected chi connectivity index (χ2v) is 7.98. The average Bonchev–Trinajstić information content (AvgIpc) is 2.84. The minimum Gasteiger partial charge on any atom is -0.488 e. The number of nitriles is 1. The molecule has 0 radical (unpaired) electrons. The Hall–Kier alpha value is -4.31. The summed E-state index contributed by atoms with van der Waals surface area (Å²) in [7, 11) is 0. The number of aromatic amines is 1. The maximum Gasteiger partial charge on any atom is 0.328 e. The van der Waals surface area contributed by atoms with Gasteiger partial charge in [-0.05, 0) is 65.6 Å². The van der Waals surface area contributed by atoms with Crippen molar-refractivity contribution < 1.29 is 9.47 Å². The van der Waals surface area contributed by atoms with Crippen LogP contribution < -0.4 is 20.7 Å².